The molecule has 0 spiro atoms. The molecule has 1 saturated heterocycles. The molecular formula is C14H17F3N2O. The quantitative estimate of drug-likeness (QED) is 0.906. The van der Waals surface area contributed by atoms with Crippen LogP contribution in [0.15, 0.2) is 30.3 Å². The van der Waals surface area contributed by atoms with Crippen molar-refractivity contribution in [1.29, 1.82) is 0 Å². The first kappa shape index (κ1) is 14.8. The van der Waals surface area contributed by atoms with Crippen molar-refractivity contribution >= 4 is 5.91 Å². The number of amides is 1. The zero-order valence-corrected chi connectivity index (χ0v) is 11.1. The maximum atomic E-state index is 12.6. The smallest absolute Gasteiger partial charge is 0.329 e. The lowest BCUT2D eigenvalue weighted by Gasteiger charge is -2.42. The highest BCUT2D eigenvalue weighted by Gasteiger charge is 2.43. The van der Waals surface area contributed by atoms with E-state index >= 15 is 0 Å². The van der Waals surface area contributed by atoms with Gasteiger partial charge in [-0.25, -0.2) is 0 Å². The summed E-state index contributed by atoms with van der Waals surface area (Å²) in [5.41, 5.74) is 6.63. The maximum absolute atomic E-state index is 12.6. The van der Waals surface area contributed by atoms with Crippen LogP contribution in [-0.2, 0) is 4.79 Å². The SMILES string of the molecule is CC1C(c2ccccc2)CC(N)C(=O)N1CC(F)(F)F. The second-order valence-corrected chi connectivity index (χ2v) is 5.18. The number of nitrogens with zero attached hydrogens (tertiary/aromatic N) is 1. The number of carbonyl (C=O) groups is 1. The first-order valence-corrected chi connectivity index (χ1v) is 6.47. The number of nitrogens with two attached hydrogens (primary N) is 1. The van der Waals surface area contributed by atoms with E-state index in [2.05, 4.69) is 0 Å². The zero-order valence-electron chi connectivity index (χ0n) is 11.1. The van der Waals surface area contributed by atoms with Crippen LogP contribution in [0, 0.1) is 0 Å². The molecular weight excluding hydrogens is 269 g/mol. The fourth-order valence-electron chi connectivity index (χ4n) is 2.73. The molecule has 1 aromatic carbocycles. The van der Waals surface area contributed by atoms with Crippen molar-refractivity contribution in [3.63, 3.8) is 0 Å². The van der Waals surface area contributed by atoms with Crippen LogP contribution in [0.2, 0.25) is 0 Å². The molecule has 3 unspecified atom stereocenters. The third-order valence-corrected chi connectivity index (χ3v) is 3.76. The van der Waals surface area contributed by atoms with Crippen LogP contribution < -0.4 is 5.73 Å². The molecule has 0 saturated carbocycles. The lowest BCUT2D eigenvalue weighted by molar-refractivity contribution is -0.170. The van der Waals surface area contributed by atoms with Crippen molar-refractivity contribution in [3.05, 3.63) is 35.9 Å². The van der Waals surface area contributed by atoms with Crippen molar-refractivity contribution in [2.75, 3.05) is 6.54 Å². The van der Waals surface area contributed by atoms with E-state index in [4.69, 9.17) is 5.73 Å². The predicted molar refractivity (Wildman–Crippen MR) is 69.0 cm³/mol. The molecule has 2 N–H and O–H groups in total. The Bertz CT molecular complexity index is 475. The third kappa shape index (κ3) is 3.12. The number of carbonyl (C=O) groups excluding carboxylic acids is 1. The van der Waals surface area contributed by atoms with Gasteiger partial charge in [0.15, 0.2) is 0 Å². The summed E-state index contributed by atoms with van der Waals surface area (Å²) in [5, 5.41) is 0. The van der Waals surface area contributed by atoms with E-state index < -0.39 is 30.7 Å². The third-order valence-electron chi connectivity index (χ3n) is 3.76. The Morgan fingerprint density at radius 2 is 1.90 bits per heavy atom. The molecule has 0 bridgehead atoms. The van der Waals surface area contributed by atoms with Gasteiger partial charge >= 0.3 is 6.18 Å². The Kier molecular flexibility index (Phi) is 4.04. The molecule has 1 aliphatic rings. The molecule has 1 fully saturated rings. The summed E-state index contributed by atoms with van der Waals surface area (Å²) in [6.45, 7) is 0.400. The van der Waals surface area contributed by atoms with Gasteiger partial charge in [-0.05, 0) is 18.9 Å². The maximum Gasteiger partial charge on any atom is 0.406 e. The average Bonchev–Trinajstić information content (AvgIpc) is 2.39. The normalized spacial score (nSPS) is 27.8. The van der Waals surface area contributed by atoms with Gasteiger partial charge in [0, 0.05) is 12.0 Å². The molecule has 110 valence electrons. The van der Waals surface area contributed by atoms with Crippen LogP contribution in [0.25, 0.3) is 0 Å². The van der Waals surface area contributed by atoms with Crippen LogP contribution in [0.3, 0.4) is 0 Å². The second-order valence-electron chi connectivity index (χ2n) is 5.18. The fourth-order valence-corrected chi connectivity index (χ4v) is 2.73. The summed E-state index contributed by atoms with van der Waals surface area (Å²) in [5.74, 6) is -0.798. The minimum absolute atomic E-state index is 0.175. The Morgan fingerprint density at radius 1 is 1.30 bits per heavy atom. The number of benzene rings is 1. The molecule has 1 amide bonds. The van der Waals surface area contributed by atoms with Crippen LogP contribution in [0.1, 0.15) is 24.8 Å². The summed E-state index contributed by atoms with van der Waals surface area (Å²) < 4.78 is 37.8. The minimum Gasteiger partial charge on any atom is -0.329 e. The number of hydrogen-bond acceptors (Lipinski definition) is 2. The van der Waals surface area contributed by atoms with Crippen LogP contribution in [-0.4, -0.2) is 35.6 Å². The molecule has 1 heterocycles. The molecule has 6 heteroatoms. The number of piperidine rings is 1. The lowest BCUT2D eigenvalue weighted by atomic mass is 9.82. The second kappa shape index (κ2) is 5.44. The van der Waals surface area contributed by atoms with Gasteiger partial charge in [-0.15, -0.1) is 0 Å². The van der Waals surface area contributed by atoms with Gasteiger partial charge in [0.05, 0.1) is 6.04 Å². The summed E-state index contributed by atoms with van der Waals surface area (Å²) in [6, 6.07) is 7.82. The summed E-state index contributed by atoms with van der Waals surface area (Å²) in [7, 11) is 0. The Morgan fingerprint density at radius 3 is 2.45 bits per heavy atom. The molecule has 3 atom stereocenters. The van der Waals surface area contributed by atoms with Crippen molar-refractivity contribution in [2.45, 2.75) is 37.5 Å². The molecule has 20 heavy (non-hydrogen) atoms. The Balaban J connectivity index is 2.26. The van der Waals surface area contributed by atoms with Crippen molar-refractivity contribution < 1.29 is 18.0 Å². The molecule has 0 aliphatic carbocycles. The van der Waals surface area contributed by atoms with Crippen LogP contribution in [0.5, 0.6) is 0 Å². The zero-order chi connectivity index (χ0) is 14.9. The van der Waals surface area contributed by atoms with Gasteiger partial charge in [-0.1, -0.05) is 30.3 Å². The first-order valence-electron chi connectivity index (χ1n) is 6.47. The standard InChI is InChI=1S/C14H17F3N2O/c1-9-11(10-5-3-2-4-6-10)7-12(18)13(20)19(9)8-14(15,16)17/h2-6,9,11-12H,7-8,18H2,1H3. The van der Waals surface area contributed by atoms with Crippen molar-refractivity contribution in [2.24, 2.45) is 5.73 Å². The monoisotopic (exact) mass is 286 g/mol. The highest BCUT2D eigenvalue weighted by molar-refractivity contribution is 5.83. The average molecular weight is 286 g/mol. The predicted octanol–water partition coefficient (Wildman–Crippen LogP) is 2.28. The number of likely N-dealkylation sites (tertiary alicyclic amines) is 1. The van der Waals surface area contributed by atoms with Gasteiger partial charge in [-0.2, -0.15) is 13.2 Å². The van der Waals surface area contributed by atoms with Crippen LogP contribution >= 0.6 is 0 Å². The van der Waals surface area contributed by atoms with E-state index in [1.807, 2.05) is 30.3 Å². The minimum atomic E-state index is -4.41. The van der Waals surface area contributed by atoms with E-state index in [0.717, 1.165) is 10.5 Å². The molecule has 0 radical (unpaired) electrons. The van der Waals surface area contributed by atoms with Gasteiger partial charge in [0.25, 0.3) is 0 Å². The fraction of sp³-hybridized carbons (Fsp3) is 0.500. The first-order chi connectivity index (χ1) is 9.29. The number of rotatable bonds is 2. The highest BCUT2D eigenvalue weighted by Crippen LogP contribution is 2.34. The topological polar surface area (TPSA) is 46.3 Å². The summed E-state index contributed by atoms with van der Waals surface area (Å²) in [6.07, 6.45) is -4.04. The molecule has 1 aromatic rings. The van der Waals surface area contributed by atoms with Crippen molar-refractivity contribution in [3.8, 4) is 0 Å². The number of alkyl halides is 3. The van der Waals surface area contributed by atoms with E-state index in [-0.39, 0.29) is 5.92 Å². The largest absolute Gasteiger partial charge is 0.406 e. The summed E-state index contributed by atoms with van der Waals surface area (Å²) in [4.78, 5) is 12.7. The lowest BCUT2D eigenvalue weighted by Crippen LogP contribution is -2.57. The van der Waals surface area contributed by atoms with Crippen LogP contribution in [0.4, 0.5) is 13.2 Å². The van der Waals surface area contributed by atoms with E-state index in [0.29, 0.717) is 6.42 Å². The molecule has 2 rings (SSSR count). The van der Waals surface area contributed by atoms with Gasteiger partial charge in [0.2, 0.25) is 5.91 Å². The molecule has 1 aliphatic heterocycles. The van der Waals surface area contributed by atoms with Gasteiger partial charge in [0.1, 0.15) is 6.54 Å². The van der Waals surface area contributed by atoms with Crippen molar-refractivity contribution in [1.82, 2.24) is 4.90 Å². The van der Waals surface area contributed by atoms with E-state index in [1.54, 1.807) is 6.92 Å². The molecule has 0 aromatic heterocycles. The number of halogens is 3. The van der Waals surface area contributed by atoms with E-state index in [9.17, 15) is 18.0 Å². The highest BCUT2D eigenvalue weighted by atomic mass is 19.4. The molecule has 3 nitrogen and oxygen atoms in total. The Labute approximate surface area is 115 Å². The Hall–Kier alpha value is -1.56. The number of hydrogen-bond donors (Lipinski definition) is 1. The summed E-state index contributed by atoms with van der Waals surface area (Å²) >= 11 is 0. The van der Waals surface area contributed by atoms with E-state index in [1.165, 1.54) is 0 Å². The van der Waals surface area contributed by atoms with Gasteiger partial charge < -0.3 is 10.6 Å². The van der Waals surface area contributed by atoms with Gasteiger partial charge in [-0.3, -0.25) is 4.79 Å².